The fourth-order valence-electron chi connectivity index (χ4n) is 4.49. The number of halogens is 8. The van der Waals surface area contributed by atoms with Gasteiger partial charge in [0.05, 0.1) is 17.3 Å². The standard InChI is InChI=1S/C25H26ClF7N2O5S/c1-22(2,37)20(27)9-6-17(36)12-16-5-3-14-11-15(23(38,24(28,29)30)25(31,32)33)4-8-19(14)35(16)41(39,40)18-7-10-21(26)34-13-18/h4,7-8,10-11,13,16,20,37-38H,3,5-6,9,12H2,1-2H3/t16?,20-/m1/s1. The number of benzene rings is 1. The highest BCUT2D eigenvalue weighted by Crippen LogP contribution is 2.51. The highest BCUT2D eigenvalue weighted by atomic mass is 35.5. The molecule has 2 atom stereocenters. The third kappa shape index (κ3) is 6.62. The number of alkyl halides is 7. The van der Waals surface area contributed by atoms with E-state index in [4.69, 9.17) is 11.6 Å². The zero-order valence-electron chi connectivity index (χ0n) is 21.6. The molecule has 2 N–H and O–H groups in total. The van der Waals surface area contributed by atoms with E-state index in [1.165, 1.54) is 13.8 Å². The van der Waals surface area contributed by atoms with Gasteiger partial charge in [0, 0.05) is 24.6 Å². The summed E-state index contributed by atoms with van der Waals surface area (Å²) in [6.45, 7) is 2.42. The van der Waals surface area contributed by atoms with Crippen LogP contribution in [-0.4, -0.2) is 59.6 Å². The van der Waals surface area contributed by atoms with Gasteiger partial charge in [0.1, 0.15) is 22.0 Å². The molecule has 7 nitrogen and oxygen atoms in total. The number of fused-ring (bicyclic) bond motifs is 1. The van der Waals surface area contributed by atoms with Gasteiger partial charge in [-0.3, -0.25) is 9.10 Å². The van der Waals surface area contributed by atoms with Crippen LogP contribution in [0, 0.1) is 0 Å². The van der Waals surface area contributed by atoms with Gasteiger partial charge >= 0.3 is 12.4 Å². The number of pyridine rings is 1. The molecule has 2 aromatic rings. The first-order valence-corrected chi connectivity index (χ1v) is 14.0. The SMILES string of the molecule is CC(C)(O)[C@H](F)CCC(=O)CC1CCc2cc(C(O)(C(F)(F)F)C(F)(F)F)ccc2N1S(=O)(=O)c1ccc(Cl)nc1. The zero-order valence-corrected chi connectivity index (χ0v) is 23.2. The lowest BCUT2D eigenvalue weighted by atomic mass is 9.87. The molecule has 0 aliphatic carbocycles. The predicted octanol–water partition coefficient (Wildman–Crippen LogP) is 5.41. The van der Waals surface area contributed by atoms with Crippen molar-refractivity contribution < 1.29 is 54.2 Å². The molecule has 228 valence electrons. The number of hydrogen-bond acceptors (Lipinski definition) is 6. The minimum atomic E-state index is -6.15. The summed E-state index contributed by atoms with van der Waals surface area (Å²) < 4.78 is 123. The first-order valence-electron chi connectivity index (χ1n) is 12.1. The van der Waals surface area contributed by atoms with Gasteiger partial charge in [-0.2, -0.15) is 26.3 Å². The maximum absolute atomic E-state index is 14.2. The second-order valence-corrected chi connectivity index (χ2v) is 12.5. The van der Waals surface area contributed by atoms with Gasteiger partial charge in [-0.1, -0.05) is 23.7 Å². The van der Waals surface area contributed by atoms with Gasteiger partial charge in [-0.25, -0.2) is 17.8 Å². The quantitative estimate of drug-likeness (QED) is 0.282. The number of ketones is 1. The number of carbonyl (C=O) groups is 1. The van der Waals surface area contributed by atoms with Gasteiger partial charge in [-0.05, 0) is 56.9 Å². The highest BCUT2D eigenvalue weighted by molar-refractivity contribution is 7.92. The fraction of sp³-hybridized carbons (Fsp3) is 0.520. The molecule has 0 spiro atoms. The van der Waals surface area contributed by atoms with Crippen molar-refractivity contribution in [2.45, 2.75) is 86.6 Å². The summed E-state index contributed by atoms with van der Waals surface area (Å²) in [5.41, 5.74) is -9.08. The van der Waals surface area contributed by atoms with E-state index in [2.05, 4.69) is 4.98 Å². The van der Waals surface area contributed by atoms with E-state index in [0.29, 0.717) is 22.5 Å². The van der Waals surface area contributed by atoms with Crippen LogP contribution in [0.2, 0.25) is 5.15 Å². The second kappa shape index (κ2) is 11.3. The predicted molar refractivity (Wildman–Crippen MR) is 134 cm³/mol. The molecule has 1 unspecified atom stereocenters. The van der Waals surface area contributed by atoms with E-state index in [9.17, 15) is 54.2 Å². The zero-order chi connectivity index (χ0) is 31.2. The Kier molecular flexibility index (Phi) is 9.10. The summed E-state index contributed by atoms with van der Waals surface area (Å²) in [6.07, 6.45) is -14.8. The number of nitrogens with zero attached hydrogens (tertiary/aromatic N) is 2. The summed E-state index contributed by atoms with van der Waals surface area (Å²) in [4.78, 5) is 16.0. The summed E-state index contributed by atoms with van der Waals surface area (Å²) in [5.74, 6) is -0.583. The van der Waals surface area contributed by atoms with Crippen molar-refractivity contribution in [2.75, 3.05) is 4.31 Å². The van der Waals surface area contributed by atoms with Gasteiger partial charge in [-0.15, -0.1) is 0 Å². The average molecular weight is 635 g/mol. The summed E-state index contributed by atoms with van der Waals surface area (Å²) in [5, 5.41) is 19.5. The topological polar surface area (TPSA) is 108 Å². The molecular formula is C25H26ClF7N2O5S. The number of carbonyl (C=O) groups excluding carboxylic acids is 1. The lowest BCUT2D eigenvalue weighted by Crippen LogP contribution is -2.54. The number of aliphatic hydroxyl groups is 2. The number of rotatable bonds is 9. The molecule has 0 amide bonds. The van der Waals surface area contributed by atoms with Crippen molar-refractivity contribution in [3.05, 3.63) is 52.8 Å². The van der Waals surface area contributed by atoms with E-state index in [1.54, 1.807) is 0 Å². The molecule has 41 heavy (non-hydrogen) atoms. The first-order chi connectivity index (χ1) is 18.6. The van der Waals surface area contributed by atoms with Crippen LogP contribution >= 0.6 is 11.6 Å². The third-order valence-electron chi connectivity index (χ3n) is 6.80. The first kappa shape index (κ1) is 33.0. The van der Waals surface area contributed by atoms with Gasteiger partial charge in [0.15, 0.2) is 0 Å². The molecule has 0 saturated heterocycles. The number of Topliss-reactive ketones (excluding diaryl/α,β-unsaturated/α-hetero) is 1. The monoisotopic (exact) mass is 634 g/mol. The van der Waals surface area contributed by atoms with E-state index >= 15 is 0 Å². The summed E-state index contributed by atoms with van der Waals surface area (Å²) in [7, 11) is -4.61. The summed E-state index contributed by atoms with van der Waals surface area (Å²) in [6, 6.07) is 2.54. The van der Waals surface area contributed by atoms with Crippen molar-refractivity contribution >= 4 is 33.1 Å². The van der Waals surface area contributed by atoms with Gasteiger partial charge in [0.2, 0.25) is 0 Å². The lowest BCUT2D eigenvalue weighted by molar-refractivity contribution is -0.376. The van der Waals surface area contributed by atoms with Crippen molar-refractivity contribution in [2.24, 2.45) is 0 Å². The average Bonchev–Trinajstić information content (AvgIpc) is 2.84. The number of anilines is 1. The van der Waals surface area contributed by atoms with Crippen LogP contribution < -0.4 is 4.31 Å². The highest BCUT2D eigenvalue weighted by Gasteiger charge is 2.71. The molecule has 2 heterocycles. The van der Waals surface area contributed by atoms with Crippen LogP contribution in [-0.2, 0) is 26.8 Å². The van der Waals surface area contributed by atoms with Gasteiger partial charge < -0.3 is 10.2 Å². The third-order valence-corrected chi connectivity index (χ3v) is 8.87. The lowest BCUT2D eigenvalue weighted by Gasteiger charge is -2.39. The normalized spacial score (nSPS) is 17.8. The molecule has 16 heteroatoms. The van der Waals surface area contributed by atoms with Crippen LogP contribution in [0.1, 0.15) is 50.7 Å². The van der Waals surface area contributed by atoms with Crippen molar-refractivity contribution in [1.29, 1.82) is 0 Å². The fourth-order valence-corrected chi connectivity index (χ4v) is 6.27. The van der Waals surface area contributed by atoms with E-state index < -0.39 is 68.5 Å². The number of sulfonamides is 1. The maximum atomic E-state index is 14.2. The molecule has 0 saturated carbocycles. The van der Waals surface area contributed by atoms with Crippen LogP contribution in [0.4, 0.5) is 36.4 Å². The Morgan fingerprint density at radius 1 is 1.10 bits per heavy atom. The van der Waals surface area contributed by atoms with Crippen LogP contribution in [0.5, 0.6) is 0 Å². The Bertz CT molecular complexity index is 1360. The maximum Gasteiger partial charge on any atom is 0.430 e. The van der Waals surface area contributed by atoms with Crippen molar-refractivity contribution in [3.63, 3.8) is 0 Å². The molecule has 1 aliphatic heterocycles. The van der Waals surface area contributed by atoms with E-state index in [-0.39, 0.29) is 42.1 Å². The summed E-state index contributed by atoms with van der Waals surface area (Å²) >= 11 is 5.73. The largest absolute Gasteiger partial charge is 0.430 e. The second-order valence-electron chi connectivity index (χ2n) is 10.3. The Labute approximate surface area is 236 Å². The van der Waals surface area contributed by atoms with E-state index in [0.717, 1.165) is 18.3 Å². The molecular weight excluding hydrogens is 609 g/mol. The molecule has 0 fully saturated rings. The van der Waals surface area contributed by atoms with Crippen LogP contribution in [0.3, 0.4) is 0 Å². The van der Waals surface area contributed by atoms with Crippen molar-refractivity contribution in [1.82, 2.24) is 4.98 Å². The van der Waals surface area contributed by atoms with E-state index in [1.807, 2.05) is 0 Å². The smallest absolute Gasteiger partial charge is 0.387 e. The molecule has 1 aromatic carbocycles. The van der Waals surface area contributed by atoms with Gasteiger partial charge in [0.25, 0.3) is 15.6 Å². The Hall–Kier alpha value is -2.49. The minimum absolute atomic E-state index is 0.0643. The molecule has 1 aliphatic rings. The van der Waals surface area contributed by atoms with Crippen LogP contribution in [0.25, 0.3) is 0 Å². The molecule has 3 rings (SSSR count). The molecule has 1 aromatic heterocycles. The Balaban J connectivity index is 2.07. The minimum Gasteiger partial charge on any atom is -0.387 e. The van der Waals surface area contributed by atoms with Crippen molar-refractivity contribution in [3.8, 4) is 0 Å². The number of hydrogen-bond donors (Lipinski definition) is 2. The number of aromatic nitrogens is 1. The Morgan fingerprint density at radius 3 is 2.22 bits per heavy atom. The molecule has 0 bridgehead atoms. The number of aryl methyl sites for hydroxylation is 1. The van der Waals surface area contributed by atoms with Crippen LogP contribution in [0.15, 0.2) is 41.4 Å². The molecule has 0 radical (unpaired) electrons. The Morgan fingerprint density at radius 2 is 1.71 bits per heavy atom.